The minimum atomic E-state index is -0.168. The van der Waals surface area contributed by atoms with Gasteiger partial charge in [0.15, 0.2) is 0 Å². The average molecular weight is 563 g/mol. The molecule has 4 rings (SSSR count). The lowest BCUT2D eigenvalue weighted by atomic mass is 10.1. The van der Waals surface area contributed by atoms with Crippen molar-refractivity contribution < 1.29 is 9.59 Å². The SMILES string of the molecule is CN(CN1CCCCC1)C(=O)N(C[C@H](N(C)CN1CCCCC1)N(C=O)CN1CCCCC1)CN1CCCCC1. The standard InChI is InChI=1S/C30H58N8O2/c1-31(24-33-15-7-3-8-16-33)29(38(28-39)27-36-21-13-6-14-22-36)23-37(26-35-19-11-5-12-20-35)30(40)32(2)25-34-17-9-4-10-18-34/h28-29H,3-27H2,1-2H3/t29-/m1/s1. The molecule has 0 aromatic heterocycles. The highest BCUT2D eigenvalue weighted by Crippen LogP contribution is 2.18. The van der Waals surface area contributed by atoms with Gasteiger partial charge in [-0.3, -0.25) is 29.3 Å². The fourth-order valence-electron chi connectivity index (χ4n) is 6.98. The minimum absolute atomic E-state index is 0.0799. The van der Waals surface area contributed by atoms with Gasteiger partial charge in [0.05, 0.1) is 33.2 Å². The van der Waals surface area contributed by atoms with Crippen LogP contribution in [-0.2, 0) is 4.79 Å². The number of hydrogen-bond donors (Lipinski definition) is 0. The summed E-state index contributed by atoms with van der Waals surface area (Å²) in [6, 6.07) is 0.0799. The van der Waals surface area contributed by atoms with E-state index in [1.165, 1.54) is 77.0 Å². The molecule has 3 amide bonds. The maximum absolute atomic E-state index is 14.1. The number of likely N-dealkylation sites (tertiary alicyclic amines) is 4. The van der Waals surface area contributed by atoms with Gasteiger partial charge in [-0.05, 0) is 111 Å². The lowest BCUT2D eigenvalue weighted by Gasteiger charge is -2.44. The highest BCUT2D eigenvalue weighted by atomic mass is 16.2. The number of rotatable bonds is 13. The number of piperidine rings is 4. The first kappa shape index (κ1) is 31.5. The summed E-state index contributed by atoms with van der Waals surface area (Å²) in [4.78, 5) is 44.8. The van der Waals surface area contributed by atoms with E-state index in [0.717, 1.165) is 65.4 Å². The molecule has 0 N–H and O–H groups in total. The van der Waals surface area contributed by atoms with Gasteiger partial charge >= 0.3 is 6.03 Å². The van der Waals surface area contributed by atoms with Crippen molar-refractivity contribution in [2.45, 2.75) is 83.2 Å². The molecule has 4 aliphatic rings. The number of hydrogen-bond acceptors (Lipinski definition) is 7. The zero-order chi connectivity index (χ0) is 28.2. The van der Waals surface area contributed by atoms with Crippen LogP contribution in [0.25, 0.3) is 0 Å². The minimum Gasteiger partial charge on any atom is -0.315 e. The van der Waals surface area contributed by atoms with Gasteiger partial charge in [-0.15, -0.1) is 0 Å². The van der Waals surface area contributed by atoms with E-state index < -0.39 is 0 Å². The van der Waals surface area contributed by atoms with E-state index in [9.17, 15) is 9.59 Å². The van der Waals surface area contributed by atoms with Crippen LogP contribution in [0.3, 0.4) is 0 Å². The number of amides is 3. The van der Waals surface area contributed by atoms with Crippen molar-refractivity contribution in [2.24, 2.45) is 0 Å². The van der Waals surface area contributed by atoms with E-state index in [1.807, 2.05) is 21.7 Å². The molecule has 10 heteroatoms. The Labute approximate surface area is 244 Å². The van der Waals surface area contributed by atoms with Crippen molar-refractivity contribution in [3.8, 4) is 0 Å². The Morgan fingerprint density at radius 1 is 0.600 bits per heavy atom. The second-order valence-electron chi connectivity index (χ2n) is 12.8. The number of nitrogens with zero attached hydrogens (tertiary/aromatic N) is 8. The molecule has 0 aromatic carbocycles. The van der Waals surface area contributed by atoms with Crippen LogP contribution in [0.15, 0.2) is 0 Å². The largest absolute Gasteiger partial charge is 0.321 e. The summed E-state index contributed by atoms with van der Waals surface area (Å²) in [5.41, 5.74) is 0. The Hall–Kier alpha value is -1.46. The fourth-order valence-corrected chi connectivity index (χ4v) is 6.98. The molecule has 0 spiro atoms. The van der Waals surface area contributed by atoms with Crippen molar-refractivity contribution in [1.29, 1.82) is 0 Å². The van der Waals surface area contributed by atoms with Crippen LogP contribution in [0.1, 0.15) is 77.0 Å². The Kier molecular flexibility index (Phi) is 13.3. The van der Waals surface area contributed by atoms with Gasteiger partial charge in [-0.1, -0.05) is 25.7 Å². The molecule has 4 heterocycles. The first-order chi connectivity index (χ1) is 19.5. The fraction of sp³-hybridized carbons (Fsp3) is 0.933. The summed E-state index contributed by atoms with van der Waals surface area (Å²) in [6.45, 7) is 11.8. The summed E-state index contributed by atoms with van der Waals surface area (Å²) in [5.74, 6) is 0. The third-order valence-corrected chi connectivity index (χ3v) is 9.37. The van der Waals surface area contributed by atoms with Crippen molar-refractivity contribution in [2.75, 3.05) is 99.7 Å². The topological polar surface area (TPSA) is 60.1 Å². The first-order valence-corrected chi connectivity index (χ1v) is 16.3. The summed E-state index contributed by atoms with van der Waals surface area (Å²) in [7, 11) is 4.10. The molecule has 0 bridgehead atoms. The van der Waals surface area contributed by atoms with Gasteiger partial charge in [-0.2, -0.15) is 0 Å². The van der Waals surface area contributed by atoms with Crippen LogP contribution in [0.2, 0.25) is 0 Å². The molecule has 0 unspecified atom stereocenters. The second kappa shape index (κ2) is 16.9. The van der Waals surface area contributed by atoms with Gasteiger partial charge < -0.3 is 14.7 Å². The molecule has 10 nitrogen and oxygen atoms in total. The maximum Gasteiger partial charge on any atom is 0.321 e. The molecule has 0 aromatic rings. The molecular formula is C30H58N8O2. The summed E-state index contributed by atoms with van der Waals surface area (Å²) >= 11 is 0. The normalized spacial score (nSPS) is 23.2. The van der Waals surface area contributed by atoms with E-state index in [0.29, 0.717) is 26.6 Å². The number of urea groups is 1. The summed E-state index contributed by atoms with van der Waals surface area (Å²) < 4.78 is 0. The molecule has 4 fully saturated rings. The quantitative estimate of drug-likeness (QED) is 0.253. The van der Waals surface area contributed by atoms with Crippen LogP contribution in [0, 0.1) is 0 Å². The monoisotopic (exact) mass is 562 g/mol. The molecule has 0 radical (unpaired) electrons. The lowest BCUT2D eigenvalue weighted by molar-refractivity contribution is -0.129. The zero-order valence-corrected chi connectivity index (χ0v) is 25.7. The highest BCUT2D eigenvalue weighted by Gasteiger charge is 2.32. The van der Waals surface area contributed by atoms with Crippen LogP contribution in [0.4, 0.5) is 4.79 Å². The predicted molar refractivity (Wildman–Crippen MR) is 160 cm³/mol. The average Bonchev–Trinajstić information content (AvgIpc) is 3.00. The van der Waals surface area contributed by atoms with Crippen molar-refractivity contribution in [1.82, 2.24) is 39.2 Å². The van der Waals surface area contributed by atoms with Crippen molar-refractivity contribution in [3.63, 3.8) is 0 Å². The van der Waals surface area contributed by atoms with E-state index >= 15 is 0 Å². The van der Waals surface area contributed by atoms with Gasteiger partial charge in [0.1, 0.15) is 6.17 Å². The van der Waals surface area contributed by atoms with Gasteiger partial charge in [-0.25, -0.2) is 4.79 Å². The number of carbonyl (C=O) groups excluding carboxylic acids is 2. The van der Waals surface area contributed by atoms with Crippen LogP contribution in [0.5, 0.6) is 0 Å². The van der Waals surface area contributed by atoms with Gasteiger partial charge in [0, 0.05) is 7.05 Å². The number of likely N-dealkylation sites (N-methyl/N-ethyl adjacent to an activating group) is 1. The Bertz CT molecular complexity index is 733. The van der Waals surface area contributed by atoms with E-state index in [4.69, 9.17) is 0 Å². The summed E-state index contributed by atoms with van der Waals surface area (Å²) in [6.07, 6.45) is 15.7. The van der Waals surface area contributed by atoms with E-state index in [2.05, 4.69) is 31.5 Å². The number of carbonyl (C=O) groups is 2. The van der Waals surface area contributed by atoms with E-state index in [-0.39, 0.29) is 12.2 Å². The Morgan fingerprint density at radius 2 is 1.00 bits per heavy atom. The van der Waals surface area contributed by atoms with Gasteiger partial charge in [0.2, 0.25) is 6.41 Å². The molecule has 0 aliphatic carbocycles. The third-order valence-electron chi connectivity index (χ3n) is 9.37. The van der Waals surface area contributed by atoms with E-state index in [1.54, 1.807) is 0 Å². The first-order valence-electron chi connectivity index (χ1n) is 16.3. The molecule has 1 atom stereocenters. The molecule has 0 saturated carbocycles. The molecule has 230 valence electrons. The Morgan fingerprint density at radius 3 is 1.45 bits per heavy atom. The van der Waals surface area contributed by atoms with Crippen molar-refractivity contribution in [3.05, 3.63) is 0 Å². The smallest absolute Gasteiger partial charge is 0.315 e. The van der Waals surface area contributed by atoms with Crippen molar-refractivity contribution >= 4 is 12.4 Å². The molecular weight excluding hydrogens is 504 g/mol. The maximum atomic E-state index is 14.1. The van der Waals surface area contributed by atoms with Crippen LogP contribution >= 0.6 is 0 Å². The zero-order valence-electron chi connectivity index (χ0n) is 25.7. The van der Waals surface area contributed by atoms with Crippen LogP contribution < -0.4 is 0 Å². The Balaban J connectivity index is 1.50. The highest BCUT2D eigenvalue weighted by molar-refractivity contribution is 5.74. The predicted octanol–water partition coefficient (Wildman–Crippen LogP) is 2.83. The second-order valence-corrected chi connectivity index (χ2v) is 12.8. The third kappa shape index (κ3) is 9.82. The van der Waals surface area contributed by atoms with Gasteiger partial charge in [0.25, 0.3) is 0 Å². The molecule has 4 saturated heterocycles. The summed E-state index contributed by atoms with van der Waals surface area (Å²) in [5, 5.41) is 0. The lowest BCUT2D eigenvalue weighted by Crippen LogP contribution is -2.60. The van der Waals surface area contributed by atoms with Crippen LogP contribution in [-0.4, -0.2) is 157 Å². The molecule has 40 heavy (non-hydrogen) atoms. The molecule has 4 aliphatic heterocycles.